The average molecular weight is 600 g/mol. The summed E-state index contributed by atoms with van der Waals surface area (Å²) in [6, 6.07) is 0. The van der Waals surface area contributed by atoms with Crippen LogP contribution < -0.4 is 5.73 Å². The Morgan fingerprint density at radius 2 is 1.57 bits per heavy atom. The molecular weight excluding hydrogens is 538 g/mol. The summed E-state index contributed by atoms with van der Waals surface area (Å²) in [6.07, 6.45) is 3.43. The van der Waals surface area contributed by atoms with Crippen molar-refractivity contribution in [2.24, 2.45) is 47.2 Å². The van der Waals surface area contributed by atoms with E-state index >= 15 is 0 Å². The van der Waals surface area contributed by atoms with Gasteiger partial charge < -0.3 is 40.7 Å². The highest BCUT2D eigenvalue weighted by Crippen LogP contribution is 2.32. The second kappa shape index (κ2) is 18.3. The molecule has 1 heterocycles. The Morgan fingerprint density at radius 1 is 0.952 bits per heavy atom. The van der Waals surface area contributed by atoms with Crippen LogP contribution in [0.3, 0.4) is 0 Å². The van der Waals surface area contributed by atoms with Crippen LogP contribution in [0.1, 0.15) is 94.4 Å². The Labute approximate surface area is 254 Å². The van der Waals surface area contributed by atoms with Crippen molar-refractivity contribution in [2.75, 3.05) is 0 Å². The lowest BCUT2D eigenvalue weighted by molar-refractivity contribution is -0.245. The molecular formula is C33H61NO8. The van der Waals surface area contributed by atoms with E-state index in [1.54, 1.807) is 19.1 Å². The fraction of sp³-hybridized carbons (Fsp3) is 0.848. The summed E-state index contributed by atoms with van der Waals surface area (Å²) < 4.78 is 11.1. The summed E-state index contributed by atoms with van der Waals surface area (Å²) in [6.45, 7) is 17.4. The molecule has 42 heavy (non-hydrogen) atoms. The Morgan fingerprint density at radius 3 is 2.14 bits per heavy atom. The minimum absolute atomic E-state index is 0.0784. The number of hydrogen-bond acceptors (Lipinski definition) is 8. The van der Waals surface area contributed by atoms with E-state index in [9.17, 15) is 30.3 Å². The van der Waals surface area contributed by atoms with Crippen LogP contribution in [-0.2, 0) is 9.47 Å². The average Bonchev–Trinajstić information content (AvgIpc) is 2.93. The molecule has 0 aromatic carbocycles. The first-order chi connectivity index (χ1) is 19.5. The molecule has 0 saturated carbocycles. The van der Waals surface area contributed by atoms with Gasteiger partial charge in [0.2, 0.25) is 0 Å². The van der Waals surface area contributed by atoms with Gasteiger partial charge in [-0.15, -0.1) is 0 Å². The van der Waals surface area contributed by atoms with E-state index < -0.39 is 54.9 Å². The van der Waals surface area contributed by atoms with Crippen molar-refractivity contribution in [1.82, 2.24) is 0 Å². The van der Waals surface area contributed by atoms with Crippen LogP contribution in [0.15, 0.2) is 23.8 Å². The summed E-state index contributed by atoms with van der Waals surface area (Å²) in [4.78, 5) is 11.6. The number of amides is 1. The van der Waals surface area contributed by atoms with E-state index in [0.717, 1.165) is 24.8 Å². The minimum atomic E-state index is -1.07. The lowest BCUT2D eigenvalue weighted by Gasteiger charge is -2.41. The largest absolute Gasteiger partial charge is 0.446 e. The third-order valence-corrected chi connectivity index (χ3v) is 9.27. The predicted octanol–water partition coefficient (Wildman–Crippen LogP) is 4.54. The molecule has 1 fully saturated rings. The molecule has 1 unspecified atom stereocenters. The van der Waals surface area contributed by atoms with Gasteiger partial charge in [-0.2, -0.15) is 0 Å². The maximum atomic E-state index is 11.6. The molecule has 0 aromatic heterocycles. The first-order valence-electron chi connectivity index (χ1n) is 15.9. The second-order valence-corrected chi connectivity index (χ2v) is 13.2. The topological polar surface area (TPSA) is 163 Å². The maximum absolute atomic E-state index is 11.6. The lowest BCUT2D eigenvalue weighted by Crippen LogP contribution is -2.49. The number of hydrogen-bond donors (Lipinski definition) is 6. The number of primary amides is 1. The molecule has 0 spiro atoms. The Kier molecular flexibility index (Phi) is 16.8. The van der Waals surface area contributed by atoms with Gasteiger partial charge in [-0.3, -0.25) is 0 Å². The highest BCUT2D eigenvalue weighted by Gasteiger charge is 2.40. The highest BCUT2D eigenvalue weighted by atomic mass is 16.6. The van der Waals surface area contributed by atoms with Gasteiger partial charge in [-0.1, -0.05) is 92.0 Å². The molecule has 1 amide bonds. The summed E-state index contributed by atoms with van der Waals surface area (Å²) in [5, 5.41) is 53.0. The molecule has 0 radical (unpaired) electrons. The quantitative estimate of drug-likeness (QED) is 0.133. The number of allylic oxidation sites excluding steroid dienone is 1. The molecule has 0 aliphatic carbocycles. The van der Waals surface area contributed by atoms with Gasteiger partial charge >= 0.3 is 6.09 Å². The van der Waals surface area contributed by atoms with Crippen LogP contribution in [0, 0.1) is 41.4 Å². The van der Waals surface area contributed by atoms with Gasteiger partial charge in [-0.25, -0.2) is 4.79 Å². The third-order valence-electron chi connectivity index (χ3n) is 9.27. The zero-order valence-corrected chi connectivity index (χ0v) is 27.4. The molecule has 7 N–H and O–H groups in total. The number of rotatable bonds is 17. The second-order valence-electron chi connectivity index (χ2n) is 13.2. The minimum Gasteiger partial charge on any atom is -0.446 e. The van der Waals surface area contributed by atoms with Crippen molar-refractivity contribution in [1.29, 1.82) is 0 Å². The van der Waals surface area contributed by atoms with Gasteiger partial charge in [0.25, 0.3) is 0 Å². The number of nitrogens with two attached hydrogens (primary N) is 1. The zero-order chi connectivity index (χ0) is 32.3. The molecule has 9 nitrogen and oxygen atoms in total. The number of carbonyl (C=O) groups excluding carboxylic acids is 1. The molecule has 0 aromatic rings. The highest BCUT2D eigenvalue weighted by molar-refractivity contribution is 5.64. The van der Waals surface area contributed by atoms with E-state index in [2.05, 4.69) is 6.92 Å². The van der Waals surface area contributed by atoms with Crippen molar-refractivity contribution in [3.8, 4) is 0 Å². The maximum Gasteiger partial charge on any atom is 0.404 e. The SMILES string of the molecule is CCCC[C@H](C)[C@H](OC(N)=O)[C@@H](C)[C@H](O)[C@@H](C)C/C(C)=C\[C@H](C)[C@@H](O)[C@@H](C)/C=C\[C@@H](O)C[C@@H]1OC(O)[C@H](C)[C@@H](O)[C@H]1C. The first kappa shape index (κ1) is 38.5. The summed E-state index contributed by atoms with van der Waals surface area (Å²) in [5.41, 5.74) is 6.38. The van der Waals surface area contributed by atoms with Crippen molar-refractivity contribution >= 4 is 6.09 Å². The molecule has 1 rings (SSSR count). The van der Waals surface area contributed by atoms with Gasteiger partial charge in [0, 0.05) is 36.0 Å². The molecule has 1 saturated heterocycles. The van der Waals surface area contributed by atoms with Crippen LogP contribution in [0.25, 0.3) is 0 Å². The van der Waals surface area contributed by atoms with Gasteiger partial charge in [0.15, 0.2) is 6.29 Å². The van der Waals surface area contributed by atoms with E-state index in [4.69, 9.17) is 15.2 Å². The van der Waals surface area contributed by atoms with Crippen LogP contribution in [0.2, 0.25) is 0 Å². The van der Waals surface area contributed by atoms with Gasteiger partial charge in [0.1, 0.15) is 6.10 Å². The number of aliphatic hydroxyl groups excluding tert-OH is 5. The van der Waals surface area contributed by atoms with E-state index in [-0.39, 0.29) is 41.9 Å². The summed E-state index contributed by atoms with van der Waals surface area (Å²) in [5.74, 6) is -1.33. The third kappa shape index (κ3) is 11.9. The molecule has 1 aliphatic rings. The van der Waals surface area contributed by atoms with Crippen molar-refractivity contribution in [2.45, 2.75) is 137 Å². The standard InChI is InChI=1S/C33H61NO8/c1-10-11-12-20(4)31(42-33(34)40)24(8)29(37)22(6)16-18(2)15-21(5)28(36)19(3)13-14-26(35)17-27-23(7)30(38)25(9)32(39)41-27/h13-15,19-32,35-39H,10-12,16-17H2,1-9H3,(H2,34,40)/b14-13-,18-15-/t19-,20-,21-,22-,23-,24-,25+,26+,27-,28-,29+,30-,31-,32?/m0/s1. The van der Waals surface area contributed by atoms with Crippen LogP contribution in [0.5, 0.6) is 0 Å². The molecule has 1 aliphatic heterocycles. The Hall–Kier alpha value is -1.49. The fourth-order valence-electron chi connectivity index (χ4n) is 6.30. The molecule has 0 bridgehead atoms. The van der Waals surface area contributed by atoms with Crippen LogP contribution >= 0.6 is 0 Å². The number of aliphatic hydroxyl groups is 5. The van der Waals surface area contributed by atoms with Gasteiger partial charge in [-0.05, 0) is 31.6 Å². The number of unbranched alkanes of at least 4 members (excludes halogenated alkanes) is 1. The monoisotopic (exact) mass is 599 g/mol. The fourth-order valence-corrected chi connectivity index (χ4v) is 6.30. The zero-order valence-electron chi connectivity index (χ0n) is 27.4. The summed E-state index contributed by atoms with van der Waals surface area (Å²) in [7, 11) is 0. The Bertz CT molecular complexity index is 850. The molecule has 9 heteroatoms. The number of carbonyl (C=O) groups is 1. The first-order valence-corrected chi connectivity index (χ1v) is 15.9. The van der Waals surface area contributed by atoms with Crippen molar-refractivity contribution in [3.63, 3.8) is 0 Å². The normalized spacial score (nSPS) is 30.1. The molecule has 246 valence electrons. The lowest BCUT2D eigenvalue weighted by atomic mass is 9.80. The van der Waals surface area contributed by atoms with Crippen LogP contribution in [0.4, 0.5) is 4.79 Å². The van der Waals surface area contributed by atoms with E-state index in [0.29, 0.717) is 6.42 Å². The number of ether oxygens (including phenoxy) is 2. The van der Waals surface area contributed by atoms with E-state index in [1.807, 2.05) is 54.5 Å². The van der Waals surface area contributed by atoms with Crippen LogP contribution in [-0.4, -0.2) is 74.5 Å². The Balaban J connectivity index is 2.73. The summed E-state index contributed by atoms with van der Waals surface area (Å²) >= 11 is 0. The van der Waals surface area contributed by atoms with Crippen molar-refractivity contribution in [3.05, 3.63) is 23.8 Å². The van der Waals surface area contributed by atoms with Crippen molar-refractivity contribution < 1.29 is 39.8 Å². The predicted molar refractivity (Wildman–Crippen MR) is 165 cm³/mol. The molecule has 14 atom stereocenters. The van der Waals surface area contributed by atoms with E-state index in [1.165, 1.54) is 0 Å². The van der Waals surface area contributed by atoms with Gasteiger partial charge in [0.05, 0.1) is 30.5 Å². The smallest absolute Gasteiger partial charge is 0.404 e.